The second-order valence-corrected chi connectivity index (χ2v) is 6.62. The van der Waals surface area contributed by atoms with Gasteiger partial charge in [0.1, 0.15) is 0 Å². The summed E-state index contributed by atoms with van der Waals surface area (Å²) in [6, 6.07) is 0. The quantitative estimate of drug-likeness (QED) is 0.605. The number of ether oxygens (including phenoxy) is 1. The van der Waals surface area contributed by atoms with Gasteiger partial charge in [0.2, 0.25) is 0 Å². The summed E-state index contributed by atoms with van der Waals surface area (Å²) >= 11 is 0. The maximum Gasteiger partial charge on any atom is 0.331 e. The normalized spacial score (nSPS) is 50.0. The van der Waals surface area contributed by atoms with Gasteiger partial charge in [0.25, 0.3) is 0 Å². The van der Waals surface area contributed by atoms with Crippen molar-refractivity contribution in [2.45, 2.75) is 51.2 Å². The van der Waals surface area contributed by atoms with Crippen molar-refractivity contribution in [1.29, 1.82) is 0 Å². The Labute approximate surface area is 108 Å². The van der Waals surface area contributed by atoms with E-state index in [2.05, 4.69) is 20.4 Å². The average Bonchev–Trinajstić information content (AvgIpc) is 3.01. The molecular weight excluding hydrogens is 228 g/mol. The van der Waals surface area contributed by atoms with E-state index in [9.17, 15) is 9.90 Å². The summed E-state index contributed by atoms with van der Waals surface area (Å²) < 4.78 is 5.91. The minimum Gasteiger partial charge on any atom is -0.478 e. The van der Waals surface area contributed by atoms with Crippen LogP contribution in [0.2, 0.25) is 0 Å². The second-order valence-electron chi connectivity index (χ2n) is 6.62. The Kier molecular flexibility index (Phi) is 2.60. The van der Waals surface area contributed by atoms with Gasteiger partial charge < -0.3 is 9.84 Å². The van der Waals surface area contributed by atoms with Gasteiger partial charge in [-0.05, 0) is 56.3 Å². The number of hydrogen-bond acceptors (Lipinski definition) is 2. The Hall–Kier alpha value is -0.830. The molecule has 3 rings (SSSR count). The SMILES string of the molecule is C=C(C(=O)O)[C@@H]1CC[C@@H](C)[C@@H]2CC[C@]3(C)O[C@@H]3[C@@H]21. The zero-order valence-corrected chi connectivity index (χ0v) is 11.2. The lowest BCUT2D eigenvalue weighted by molar-refractivity contribution is -0.134. The van der Waals surface area contributed by atoms with Crippen molar-refractivity contribution < 1.29 is 14.6 Å². The van der Waals surface area contributed by atoms with Gasteiger partial charge in [-0.1, -0.05) is 13.5 Å². The first-order valence-corrected chi connectivity index (χ1v) is 7.04. The maximum absolute atomic E-state index is 11.2. The lowest BCUT2D eigenvalue weighted by Gasteiger charge is -2.44. The Morgan fingerprint density at radius 2 is 2.11 bits per heavy atom. The van der Waals surface area contributed by atoms with Gasteiger partial charge in [-0.3, -0.25) is 0 Å². The third-order valence-corrected chi connectivity index (χ3v) is 5.61. The molecule has 3 nitrogen and oxygen atoms in total. The number of aliphatic carboxylic acids is 1. The first-order chi connectivity index (χ1) is 8.44. The molecule has 0 aromatic carbocycles. The molecule has 0 spiro atoms. The monoisotopic (exact) mass is 250 g/mol. The molecule has 0 unspecified atom stereocenters. The summed E-state index contributed by atoms with van der Waals surface area (Å²) in [5.41, 5.74) is 0.437. The summed E-state index contributed by atoms with van der Waals surface area (Å²) in [6.07, 6.45) is 4.68. The molecule has 2 aliphatic carbocycles. The molecule has 100 valence electrons. The van der Waals surface area contributed by atoms with Crippen molar-refractivity contribution in [3.63, 3.8) is 0 Å². The predicted molar refractivity (Wildman–Crippen MR) is 68.2 cm³/mol. The van der Waals surface area contributed by atoms with Crippen LogP contribution in [-0.2, 0) is 9.53 Å². The predicted octanol–water partition coefficient (Wildman–Crippen LogP) is 2.86. The molecule has 3 fully saturated rings. The number of carboxylic acid groups (broad SMARTS) is 1. The van der Waals surface area contributed by atoms with Crippen LogP contribution in [0, 0.1) is 23.7 Å². The largest absolute Gasteiger partial charge is 0.478 e. The zero-order valence-electron chi connectivity index (χ0n) is 11.2. The fourth-order valence-electron chi connectivity index (χ4n) is 4.40. The van der Waals surface area contributed by atoms with Gasteiger partial charge in [-0.2, -0.15) is 0 Å². The van der Waals surface area contributed by atoms with Gasteiger partial charge in [-0.15, -0.1) is 0 Å². The number of epoxide rings is 1. The highest BCUT2D eigenvalue weighted by atomic mass is 16.6. The molecule has 6 atom stereocenters. The Morgan fingerprint density at radius 3 is 2.78 bits per heavy atom. The van der Waals surface area contributed by atoms with Crippen molar-refractivity contribution in [3.05, 3.63) is 12.2 Å². The zero-order chi connectivity index (χ0) is 13.1. The van der Waals surface area contributed by atoms with Crippen LogP contribution >= 0.6 is 0 Å². The average molecular weight is 250 g/mol. The summed E-state index contributed by atoms with van der Waals surface area (Å²) in [5, 5.41) is 9.21. The summed E-state index contributed by atoms with van der Waals surface area (Å²) in [4.78, 5) is 11.2. The minimum atomic E-state index is -0.832. The van der Waals surface area contributed by atoms with Crippen LogP contribution in [0.15, 0.2) is 12.2 Å². The highest BCUT2D eigenvalue weighted by molar-refractivity contribution is 5.86. The van der Waals surface area contributed by atoms with Crippen LogP contribution in [0.3, 0.4) is 0 Å². The highest BCUT2D eigenvalue weighted by Crippen LogP contribution is 2.60. The molecule has 1 aliphatic heterocycles. The lowest BCUT2D eigenvalue weighted by Crippen LogP contribution is -2.43. The number of fused-ring (bicyclic) bond motifs is 3. The smallest absolute Gasteiger partial charge is 0.331 e. The molecule has 3 aliphatic rings. The van der Waals surface area contributed by atoms with E-state index in [1.807, 2.05) is 0 Å². The number of carboxylic acids is 1. The van der Waals surface area contributed by atoms with E-state index in [-0.39, 0.29) is 17.6 Å². The molecule has 0 amide bonds. The first kappa shape index (κ1) is 12.2. The first-order valence-electron chi connectivity index (χ1n) is 7.04. The van der Waals surface area contributed by atoms with Crippen molar-refractivity contribution in [2.24, 2.45) is 23.7 Å². The van der Waals surface area contributed by atoms with Gasteiger partial charge in [0.15, 0.2) is 0 Å². The molecular formula is C15H22O3. The van der Waals surface area contributed by atoms with E-state index >= 15 is 0 Å². The van der Waals surface area contributed by atoms with Crippen molar-refractivity contribution >= 4 is 5.97 Å². The van der Waals surface area contributed by atoms with Crippen molar-refractivity contribution in [2.75, 3.05) is 0 Å². The molecule has 0 aromatic rings. The summed E-state index contributed by atoms with van der Waals surface area (Å²) in [5.74, 6) is 0.996. The van der Waals surface area contributed by atoms with Crippen molar-refractivity contribution in [3.8, 4) is 0 Å². The van der Waals surface area contributed by atoms with Crippen LogP contribution in [-0.4, -0.2) is 22.8 Å². The standard InChI is InChI=1S/C15H22O3/c1-8-4-5-11(9(2)14(16)17)12-10(8)6-7-15(3)13(12)18-15/h8,10-13H,2,4-7H2,1,3H3,(H,16,17)/t8-,10+,11+,12+,13-,15+/m1/s1. The van der Waals surface area contributed by atoms with E-state index < -0.39 is 5.97 Å². The topological polar surface area (TPSA) is 49.8 Å². The van der Waals surface area contributed by atoms with Gasteiger partial charge in [0.05, 0.1) is 11.7 Å². The summed E-state index contributed by atoms with van der Waals surface area (Å²) in [7, 11) is 0. The number of carbonyl (C=O) groups is 1. The maximum atomic E-state index is 11.2. The van der Waals surface area contributed by atoms with E-state index in [1.165, 1.54) is 6.42 Å². The molecule has 1 heterocycles. The van der Waals surface area contributed by atoms with Crippen LogP contribution in [0.5, 0.6) is 0 Å². The van der Waals surface area contributed by atoms with Crippen LogP contribution in [0.4, 0.5) is 0 Å². The molecule has 0 bridgehead atoms. The number of hydrogen-bond donors (Lipinski definition) is 1. The Bertz CT molecular complexity index is 403. The molecule has 18 heavy (non-hydrogen) atoms. The van der Waals surface area contributed by atoms with E-state index in [0.29, 0.717) is 23.3 Å². The van der Waals surface area contributed by atoms with Crippen molar-refractivity contribution in [1.82, 2.24) is 0 Å². The third kappa shape index (κ3) is 1.63. The van der Waals surface area contributed by atoms with Crippen LogP contribution in [0.25, 0.3) is 0 Å². The van der Waals surface area contributed by atoms with E-state index in [4.69, 9.17) is 4.74 Å². The van der Waals surface area contributed by atoms with Crippen LogP contribution in [0.1, 0.15) is 39.5 Å². The fraction of sp³-hybridized carbons (Fsp3) is 0.800. The van der Waals surface area contributed by atoms with Gasteiger partial charge in [-0.25, -0.2) is 4.79 Å². The third-order valence-electron chi connectivity index (χ3n) is 5.61. The van der Waals surface area contributed by atoms with Crippen LogP contribution < -0.4 is 0 Å². The summed E-state index contributed by atoms with van der Waals surface area (Å²) in [6.45, 7) is 8.30. The molecule has 1 saturated heterocycles. The second kappa shape index (κ2) is 3.83. The Morgan fingerprint density at radius 1 is 1.39 bits per heavy atom. The lowest BCUT2D eigenvalue weighted by atomic mass is 9.58. The van der Waals surface area contributed by atoms with E-state index in [1.54, 1.807) is 0 Å². The fourth-order valence-corrected chi connectivity index (χ4v) is 4.40. The highest BCUT2D eigenvalue weighted by Gasteiger charge is 2.63. The van der Waals surface area contributed by atoms with Gasteiger partial charge in [0, 0.05) is 5.57 Å². The minimum absolute atomic E-state index is 0.0370. The molecule has 0 aromatic heterocycles. The molecule has 0 radical (unpaired) electrons. The number of rotatable bonds is 2. The molecule has 2 saturated carbocycles. The van der Waals surface area contributed by atoms with Gasteiger partial charge >= 0.3 is 5.97 Å². The molecule has 1 N–H and O–H groups in total. The van der Waals surface area contributed by atoms with E-state index in [0.717, 1.165) is 19.3 Å². The molecule has 3 heteroatoms. The Balaban J connectivity index is 1.87.